The number of halogens is 1. The summed E-state index contributed by atoms with van der Waals surface area (Å²) in [7, 11) is 3.13. The summed E-state index contributed by atoms with van der Waals surface area (Å²) >= 11 is 6.29. The Morgan fingerprint density at radius 2 is 1.80 bits per heavy atom. The van der Waals surface area contributed by atoms with Gasteiger partial charge in [-0.1, -0.05) is 29.8 Å². The Labute approximate surface area is 150 Å². The Balaban J connectivity index is 2.02. The van der Waals surface area contributed by atoms with Crippen molar-refractivity contribution < 1.29 is 9.47 Å². The van der Waals surface area contributed by atoms with Crippen LogP contribution < -0.4 is 9.47 Å². The molecule has 0 saturated heterocycles. The molecule has 124 valence electrons. The van der Waals surface area contributed by atoms with E-state index in [1.807, 2.05) is 18.2 Å². The van der Waals surface area contributed by atoms with Crippen molar-refractivity contribution in [1.82, 2.24) is 9.97 Å². The number of hydrogen-bond acceptors (Lipinski definition) is 5. The molecule has 0 aliphatic heterocycles. The van der Waals surface area contributed by atoms with Gasteiger partial charge in [0, 0.05) is 11.5 Å². The van der Waals surface area contributed by atoms with E-state index in [-0.39, 0.29) is 0 Å². The zero-order chi connectivity index (χ0) is 17.8. The van der Waals surface area contributed by atoms with Crippen molar-refractivity contribution in [1.29, 1.82) is 5.26 Å². The van der Waals surface area contributed by atoms with E-state index < -0.39 is 0 Å². The first-order chi connectivity index (χ1) is 12.1. The molecule has 3 rings (SSSR count). The van der Waals surface area contributed by atoms with Gasteiger partial charge in [0.1, 0.15) is 5.15 Å². The minimum Gasteiger partial charge on any atom is -0.493 e. The van der Waals surface area contributed by atoms with Gasteiger partial charge in [0.25, 0.3) is 0 Å². The highest BCUT2D eigenvalue weighted by molar-refractivity contribution is 6.34. The molecule has 0 radical (unpaired) electrons. The van der Waals surface area contributed by atoms with Crippen molar-refractivity contribution in [3.63, 3.8) is 0 Å². The van der Waals surface area contributed by atoms with E-state index in [0.29, 0.717) is 38.9 Å². The topological polar surface area (TPSA) is 68.0 Å². The Morgan fingerprint density at radius 1 is 1.04 bits per heavy atom. The Kier molecular flexibility index (Phi) is 4.82. The smallest absolute Gasteiger partial charge is 0.162 e. The number of nitriles is 1. The number of aromatic nitrogens is 2. The average Bonchev–Trinajstić information content (AvgIpc) is 2.65. The van der Waals surface area contributed by atoms with Crippen LogP contribution >= 0.6 is 11.6 Å². The largest absolute Gasteiger partial charge is 0.493 e. The Morgan fingerprint density at radius 3 is 2.52 bits per heavy atom. The van der Waals surface area contributed by atoms with Gasteiger partial charge in [-0.15, -0.1) is 0 Å². The highest BCUT2D eigenvalue weighted by Crippen LogP contribution is 2.33. The highest BCUT2D eigenvalue weighted by atomic mass is 35.5. The van der Waals surface area contributed by atoms with E-state index in [9.17, 15) is 0 Å². The third-order valence-corrected chi connectivity index (χ3v) is 3.90. The summed E-state index contributed by atoms with van der Waals surface area (Å²) in [5.74, 6) is 1.60. The number of nitrogens with zero attached hydrogens (tertiary/aromatic N) is 3. The van der Waals surface area contributed by atoms with Gasteiger partial charge in [-0.2, -0.15) is 5.26 Å². The van der Waals surface area contributed by atoms with Crippen molar-refractivity contribution in [3.05, 3.63) is 58.5 Å². The molecular weight excluding hydrogens is 338 g/mol. The summed E-state index contributed by atoms with van der Waals surface area (Å²) in [5, 5.41) is 9.97. The summed E-state index contributed by atoms with van der Waals surface area (Å²) < 4.78 is 10.6. The van der Waals surface area contributed by atoms with Gasteiger partial charge >= 0.3 is 0 Å². The van der Waals surface area contributed by atoms with E-state index in [2.05, 4.69) is 16.0 Å². The molecule has 0 amide bonds. The van der Waals surface area contributed by atoms with Crippen molar-refractivity contribution in [3.8, 4) is 17.6 Å². The van der Waals surface area contributed by atoms with Crippen molar-refractivity contribution in [2.24, 2.45) is 0 Å². The minimum absolute atomic E-state index is 0.330. The van der Waals surface area contributed by atoms with Crippen LogP contribution in [0.3, 0.4) is 0 Å². The third kappa shape index (κ3) is 3.54. The van der Waals surface area contributed by atoms with E-state index in [1.165, 1.54) is 0 Å². The van der Waals surface area contributed by atoms with Gasteiger partial charge < -0.3 is 9.47 Å². The molecule has 0 bridgehead atoms. The Hall–Kier alpha value is -3.10. The predicted octanol–water partition coefficient (Wildman–Crippen LogP) is 4.34. The number of rotatable bonds is 4. The van der Waals surface area contributed by atoms with Crippen molar-refractivity contribution in [2.75, 3.05) is 14.2 Å². The summed E-state index contributed by atoms with van der Waals surface area (Å²) in [4.78, 5) is 8.79. The van der Waals surface area contributed by atoms with Gasteiger partial charge in [0.15, 0.2) is 17.3 Å². The van der Waals surface area contributed by atoms with Crippen LogP contribution in [-0.4, -0.2) is 24.2 Å². The minimum atomic E-state index is 0.330. The van der Waals surface area contributed by atoms with Crippen LogP contribution in [0.2, 0.25) is 5.15 Å². The van der Waals surface area contributed by atoms with Crippen LogP contribution in [0.4, 0.5) is 0 Å². The molecule has 0 unspecified atom stereocenters. The maximum atomic E-state index is 8.96. The summed E-state index contributed by atoms with van der Waals surface area (Å²) in [5.41, 5.74) is 2.13. The molecule has 25 heavy (non-hydrogen) atoms. The van der Waals surface area contributed by atoms with Gasteiger partial charge in [-0.25, -0.2) is 9.97 Å². The monoisotopic (exact) mass is 351 g/mol. The fraction of sp³-hybridized carbons (Fsp3) is 0.105. The molecule has 0 aliphatic rings. The van der Waals surface area contributed by atoms with Crippen LogP contribution in [0, 0.1) is 11.3 Å². The summed E-state index contributed by atoms with van der Waals surface area (Å²) in [6.45, 7) is 0. The molecule has 2 aromatic carbocycles. The predicted molar refractivity (Wildman–Crippen MR) is 97.7 cm³/mol. The second-order valence-electron chi connectivity index (χ2n) is 5.17. The van der Waals surface area contributed by atoms with Crippen LogP contribution in [0.25, 0.3) is 23.1 Å². The molecule has 5 nitrogen and oxygen atoms in total. The van der Waals surface area contributed by atoms with Crippen LogP contribution in [0.15, 0.2) is 36.4 Å². The molecule has 0 saturated carbocycles. The average molecular weight is 352 g/mol. The maximum absolute atomic E-state index is 8.96. The highest BCUT2D eigenvalue weighted by Gasteiger charge is 2.11. The number of benzene rings is 2. The molecule has 0 spiro atoms. The first-order valence-corrected chi connectivity index (χ1v) is 7.80. The van der Waals surface area contributed by atoms with Gasteiger partial charge in [0.2, 0.25) is 0 Å². The normalized spacial score (nSPS) is 10.8. The maximum Gasteiger partial charge on any atom is 0.162 e. The second-order valence-corrected chi connectivity index (χ2v) is 5.53. The van der Waals surface area contributed by atoms with Crippen LogP contribution in [0.1, 0.15) is 17.0 Å². The summed E-state index contributed by atoms with van der Waals surface area (Å²) in [6.07, 6.45) is 3.58. The first kappa shape index (κ1) is 16.7. The van der Waals surface area contributed by atoms with Gasteiger partial charge in [0.05, 0.1) is 31.4 Å². The number of hydrogen-bond donors (Lipinski definition) is 0. The number of methoxy groups -OCH3 is 2. The lowest BCUT2D eigenvalue weighted by molar-refractivity contribution is 0.356. The quantitative estimate of drug-likeness (QED) is 0.654. The van der Waals surface area contributed by atoms with Crippen LogP contribution in [0.5, 0.6) is 11.5 Å². The molecule has 6 heteroatoms. The molecule has 1 heterocycles. The van der Waals surface area contributed by atoms with Crippen molar-refractivity contribution in [2.45, 2.75) is 0 Å². The SMILES string of the molecule is COc1cc2nc(/C=C/c3cccc(C#N)c3)nc(Cl)c2cc1OC. The van der Waals surface area contributed by atoms with Crippen LogP contribution in [-0.2, 0) is 0 Å². The molecule has 1 aromatic heterocycles. The fourth-order valence-corrected chi connectivity index (χ4v) is 2.63. The molecule has 0 aliphatic carbocycles. The lowest BCUT2D eigenvalue weighted by Gasteiger charge is -2.09. The zero-order valence-electron chi connectivity index (χ0n) is 13.7. The van der Waals surface area contributed by atoms with E-state index >= 15 is 0 Å². The molecule has 3 aromatic rings. The van der Waals surface area contributed by atoms with E-state index in [0.717, 1.165) is 5.56 Å². The lowest BCUT2D eigenvalue weighted by atomic mass is 10.1. The van der Waals surface area contributed by atoms with E-state index in [4.69, 9.17) is 26.3 Å². The number of ether oxygens (including phenoxy) is 2. The summed E-state index contributed by atoms with van der Waals surface area (Å²) in [6, 6.07) is 12.9. The van der Waals surface area contributed by atoms with E-state index in [1.54, 1.807) is 44.6 Å². The molecule has 0 N–H and O–H groups in total. The van der Waals surface area contributed by atoms with Gasteiger partial charge in [-0.05, 0) is 29.8 Å². The molecular formula is C19H14ClN3O2. The standard InChI is InChI=1S/C19H14ClN3O2/c1-24-16-9-14-15(10-17(16)25-2)22-18(23-19(14)20)7-6-12-4-3-5-13(8-12)11-21/h3-10H,1-2H3/b7-6+. The first-order valence-electron chi connectivity index (χ1n) is 7.42. The van der Waals surface area contributed by atoms with Crippen molar-refractivity contribution >= 4 is 34.7 Å². The molecule has 0 atom stereocenters. The Bertz CT molecular complexity index is 1010. The lowest BCUT2D eigenvalue weighted by Crippen LogP contribution is -1.95. The fourth-order valence-electron chi connectivity index (χ4n) is 2.39. The molecule has 0 fully saturated rings. The third-order valence-electron chi connectivity index (χ3n) is 3.61. The van der Waals surface area contributed by atoms with Gasteiger partial charge in [-0.3, -0.25) is 0 Å². The number of fused-ring (bicyclic) bond motifs is 1. The zero-order valence-corrected chi connectivity index (χ0v) is 14.4. The second kappa shape index (κ2) is 7.20.